The van der Waals surface area contributed by atoms with Crippen LogP contribution in [0.1, 0.15) is 11.1 Å². The summed E-state index contributed by atoms with van der Waals surface area (Å²) < 4.78 is 6.45. The molecular formula is C40H32N6O. The first-order valence-electron chi connectivity index (χ1n) is 15.6. The number of hydrazone groups is 2. The predicted molar refractivity (Wildman–Crippen MR) is 191 cm³/mol. The summed E-state index contributed by atoms with van der Waals surface area (Å²) in [4.78, 5) is 4.46. The maximum Gasteiger partial charge on any atom is 0.162 e. The molecule has 2 heterocycles. The Morgan fingerprint density at radius 1 is 0.383 bits per heavy atom. The lowest BCUT2D eigenvalue weighted by atomic mass is 10.2. The minimum Gasteiger partial charge on any atom is -0.457 e. The monoisotopic (exact) mass is 612 g/mol. The Morgan fingerprint density at radius 2 is 0.745 bits per heavy atom. The molecule has 0 fully saturated rings. The molecule has 0 amide bonds. The molecule has 7 heteroatoms. The number of rotatable bonds is 8. The van der Waals surface area contributed by atoms with Gasteiger partial charge in [0.05, 0.1) is 11.4 Å². The second-order valence-electron chi connectivity index (χ2n) is 11.3. The van der Waals surface area contributed by atoms with Crippen LogP contribution in [0.25, 0.3) is 0 Å². The standard InChI is InChI=1S/C40H32N6O/c1-5-15-31(16-6-1)39-41-45(29-43(39)33-19-9-3-10-20-33)35-23-13-25-37(27-35)47-38-26-14-24-36(28-38)46-30-44(34-21-11-4-12-22-34)40(42-46)32-17-7-2-8-18-32/h1-28H,29-30H2. The Kier molecular flexibility index (Phi) is 7.53. The zero-order valence-corrected chi connectivity index (χ0v) is 25.7. The first kappa shape index (κ1) is 28.2. The van der Waals surface area contributed by atoms with E-state index in [4.69, 9.17) is 14.9 Å². The highest BCUT2D eigenvalue weighted by molar-refractivity contribution is 6.12. The number of amidine groups is 2. The van der Waals surface area contributed by atoms with Gasteiger partial charge >= 0.3 is 0 Å². The Hall–Kier alpha value is -6.34. The zero-order chi connectivity index (χ0) is 31.4. The van der Waals surface area contributed by atoms with Crippen LogP contribution in [-0.4, -0.2) is 25.0 Å². The zero-order valence-electron chi connectivity index (χ0n) is 25.7. The molecule has 0 saturated carbocycles. The number of para-hydroxylation sites is 2. The van der Waals surface area contributed by atoms with E-state index in [2.05, 4.69) is 94.7 Å². The van der Waals surface area contributed by atoms with Crippen LogP contribution >= 0.6 is 0 Å². The van der Waals surface area contributed by atoms with Crippen molar-refractivity contribution in [3.05, 3.63) is 181 Å². The van der Waals surface area contributed by atoms with E-state index >= 15 is 0 Å². The molecule has 0 bridgehead atoms. The van der Waals surface area contributed by atoms with E-state index in [9.17, 15) is 0 Å². The van der Waals surface area contributed by atoms with Crippen LogP contribution in [0.3, 0.4) is 0 Å². The number of nitrogens with zero attached hydrogens (tertiary/aromatic N) is 6. The van der Waals surface area contributed by atoms with Gasteiger partial charge in [-0.1, -0.05) is 109 Å². The highest BCUT2D eigenvalue weighted by atomic mass is 16.5. The van der Waals surface area contributed by atoms with Crippen molar-refractivity contribution in [2.75, 3.05) is 33.2 Å². The normalized spacial score (nSPS) is 14.3. The van der Waals surface area contributed by atoms with Crippen LogP contribution in [0, 0.1) is 0 Å². The van der Waals surface area contributed by atoms with Gasteiger partial charge in [-0.05, 0) is 48.5 Å². The molecule has 0 aromatic heterocycles. The van der Waals surface area contributed by atoms with Crippen LogP contribution in [-0.2, 0) is 0 Å². The molecule has 0 spiro atoms. The van der Waals surface area contributed by atoms with Crippen molar-refractivity contribution in [2.45, 2.75) is 0 Å². The lowest BCUT2D eigenvalue weighted by molar-refractivity contribution is 0.482. The summed E-state index contributed by atoms with van der Waals surface area (Å²) in [6.45, 7) is 1.17. The average Bonchev–Trinajstić information content (AvgIpc) is 3.80. The molecule has 6 aromatic rings. The fourth-order valence-corrected chi connectivity index (χ4v) is 5.86. The Bertz CT molecular complexity index is 1890. The fraction of sp³-hybridized carbons (Fsp3) is 0.0500. The Balaban J connectivity index is 1.05. The molecule has 47 heavy (non-hydrogen) atoms. The van der Waals surface area contributed by atoms with Gasteiger partial charge in [-0.15, -0.1) is 0 Å². The quantitative estimate of drug-likeness (QED) is 0.172. The second-order valence-corrected chi connectivity index (χ2v) is 11.3. The number of benzene rings is 6. The van der Waals surface area contributed by atoms with Crippen LogP contribution in [0.5, 0.6) is 11.5 Å². The molecular weight excluding hydrogens is 580 g/mol. The number of anilines is 4. The molecule has 2 aliphatic heterocycles. The largest absolute Gasteiger partial charge is 0.457 e. The van der Waals surface area contributed by atoms with Gasteiger partial charge in [0, 0.05) is 34.6 Å². The lowest BCUT2D eigenvalue weighted by Gasteiger charge is -2.22. The van der Waals surface area contributed by atoms with Gasteiger partial charge in [0.25, 0.3) is 0 Å². The van der Waals surface area contributed by atoms with Gasteiger partial charge in [-0.25, -0.2) is 10.0 Å². The van der Waals surface area contributed by atoms with Crippen molar-refractivity contribution in [3.63, 3.8) is 0 Å². The van der Waals surface area contributed by atoms with E-state index in [0.717, 1.165) is 57.0 Å². The molecule has 0 saturated heterocycles. The van der Waals surface area contributed by atoms with Crippen LogP contribution < -0.4 is 24.6 Å². The van der Waals surface area contributed by atoms with Crippen molar-refractivity contribution < 1.29 is 4.74 Å². The number of hydrogen-bond acceptors (Lipinski definition) is 7. The van der Waals surface area contributed by atoms with Crippen molar-refractivity contribution in [2.24, 2.45) is 10.2 Å². The summed E-state index contributed by atoms with van der Waals surface area (Å²) in [6, 6.07) is 57.5. The van der Waals surface area contributed by atoms with Crippen LogP contribution in [0.2, 0.25) is 0 Å². The fourth-order valence-electron chi connectivity index (χ4n) is 5.86. The van der Waals surface area contributed by atoms with Crippen molar-refractivity contribution in [1.29, 1.82) is 0 Å². The number of ether oxygens (including phenoxy) is 1. The molecule has 0 aliphatic carbocycles. The summed E-state index contributed by atoms with van der Waals surface area (Å²) in [7, 11) is 0. The summed E-state index contributed by atoms with van der Waals surface area (Å²) in [6.07, 6.45) is 0. The van der Waals surface area contributed by atoms with Crippen molar-refractivity contribution in [1.82, 2.24) is 0 Å². The minimum absolute atomic E-state index is 0.585. The van der Waals surface area contributed by atoms with Gasteiger partial charge in [0.1, 0.15) is 24.8 Å². The summed E-state index contributed by atoms with van der Waals surface area (Å²) in [5, 5.41) is 14.1. The molecule has 0 unspecified atom stereocenters. The molecule has 228 valence electrons. The smallest absolute Gasteiger partial charge is 0.162 e. The van der Waals surface area contributed by atoms with Gasteiger partial charge in [0.2, 0.25) is 0 Å². The summed E-state index contributed by atoms with van der Waals surface area (Å²) in [5.41, 5.74) is 6.20. The predicted octanol–water partition coefficient (Wildman–Crippen LogP) is 8.77. The second kappa shape index (κ2) is 12.6. The molecule has 2 aliphatic rings. The van der Waals surface area contributed by atoms with Gasteiger partial charge in [-0.3, -0.25) is 0 Å². The van der Waals surface area contributed by atoms with Crippen LogP contribution in [0.15, 0.2) is 180 Å². The highest BCUT2D eigenvalue weighted by Crippen LogP contribution is 2.33. The Morgan fingerprint density at radius 3 is 1.15 bits per heavy atom. The van der Waals surface area contributed by atoms with E-state index in [1.807, 2.05) is 94.9 Å². The molecule has 7 nitrogen and oxygen atoms in total. The van der Waals surface area contributed by atoms with E-state index < -0.39 is 0 Å². The molecule has 0 atom stereocenters. The van der Waals surface area contributed by atoms with Crippen LogP contribution in [0.4, 0.5) is 22.7 Å². The third-order valence-electron chi connectivity index (χ3n) is 8.16. The van der Waals surface area contributed by atoms with Crippen molar-refractivity contribution >= 4 is 34.4 Å². The van der Waals surface area contributed by atoms with E-state index in [1.54, 1.807) is 0 Å². The molecule has 0 N–H and O–H groups in total. The first-order chi connectivity index (χ1) is 23.3. The number of hydrogen-bond donors (Lipinski definition) is 0. The van der Waals surface area contributed by atoms with Gasteiger partial charge in [-0.2, -0.15) is 10.2 Å². The lowest BCUT2D eigenvalue weighted by Crippen LogP contribution is -2.31. The maximum absolute atomic E-state index is 6.45. The topological polar surface area (TPSA) is 46.9 Å². The van der Waals surface area contributed by atoms with E-state index in [-0.39, 0.29) is 0 Å². The molecule has 0 radical (unpaired) electrons. The highest BCUT2D eigenvalue weighted by Gasteiger charge is 2.28. The first-order valence-corrected chi connectivity index (χ1v) is 15.6. The average molecular weight is 613 g/mol. The maximum atomic E-state index is 6.45. The SMILES string of the molecule is c1ccc(C2=NN(c3cccc(Oc4cccc(N5CN(c6ccccc6)C(c6ccccc6)=N5)c4)c3)CN2c2ccccc2)cc1. The van der Waals surface area contributed by atoms with Gasteiger partial charge in [0.15, 0.2) is 11.7 Å². The third-order valence-corrected chi connectivity index (χ3v) is 8.16. The van der Waals surface area contributed by atoms with E-state index in [1.165, 1.54) is 0 Å². The molecule has 6 aromatic carbocycles. The minimum atomic E-state index is 0.585. The Labute approximate surface area is 274 Å². The van der Waals surface area contributed by atoms with Gasteiger partial charge < -0.3 is 14.5 Å². The third kappa shape index (κ3) is 5.90. The molecule has 8 rings (SSSR count). The van der Waals surface area contributed by atoms with Crippen molar-refractivity contribution in [3.8, 4) is 11.5 Å². The summed E-state index contributed by atoms with van der Waals surface area (Å²) >= 11 is 0. The van der Waals surface area contributed by atoms with E-state index in [0.29, 0.717) is 13.3 Å². The summed E-state index contributed by atoms with van der Waals surface area (Å²) in [5.74, 6) is 3.27.